The molecule has 17 heavy (non-hydrogen) atoms. The summed E-state index contributed by atoms with van der Waals surface area (Å²) < 4.78 is 11.0. The number of hydrogen-bond acceptors (Lipinski definition) is 2. The van der Waals surface area contributed by atoms with E-state index in [-0.39, 0.29) is 0 Å². The maximum atomic E-state index is 5.66. The molecule has 0 saturated carbocycles. The van der Waals surface area contributed by atoms with E-state index in [0.717, 1.165) is 27.8 Å². The molecule has 2 nitrogen and oxygen atoms in total. The Morgan fingerprint density at radius 2 is 1.71 bits per heavy atom. The average Bonchev–Trinajstić information content (AvgIpc) is 2.82. The van der Waals surface area contributed by atoms with Crippen LogP contribution >= 0.6 is 0 Å². The Morgan fingerprint density at radius 3 is 2.59 bits per heavy atom. The van der Waals surface area contributed by atoms with E-state index in [0.29, 0.717) is 0 Å². The van der Waals surface area contributed by atoms with Gasteiger partial charge < -0.3 is 9.15 Å². The Balaban J connectivity index is 2.27. The Hall–Kier alpha value is -2.22. The summed E-state index contributed by atoms with van der Waals surface area (Å²) in [5, 5.41) is 2.21. The SMILES string of the molecule is COc1ccccc1-c1occ2ccccc12. The second-order valence-electron chi connectivity index (χ2n) is 3.85. The molecule has 0 saturated heterocycles. The Kier molecular flexibility index (Phi) is 2.33. The summed E-state index contributed by atoms with van der Waals surface area (Å²) in [6.45, 7) is 0. The molecule has 0 atom stereocenters. The third kappa shape index (κ3) is 1.58. The summed E-state index contributed by atoms with van der Waals surface area (Å²) in [4.78, 5) is 0. The molecule has 3 rings (SSSR count). The maximum absolute atomic E-state index is 5.66. The summed E-state index contributed by atoms with van der Waals surface area (Å²) in [5.74, 6) is 1.69. The fraction of sp³-hybridized carbons (Fsp3) is 0.0667. The van der Waals surface area contributed by atoms with Crippen molar-refractivity contribution in [3.05, 3.63) is 54.8 Å². The highest BCUT2D eigenvalue weighted by atomic mass is 16.5. The topological polar surface area (TPSA) is 22.4 Å². The van der Waals surface area contributed by atoms with Gasteiger partial charge in [0.1, 0.15) is 11.5 Å². The van der Waals surface area contributed by atoms with Gasteiger partial charge in [0.25, 0.3) is 0 Å². The summed E-state index contributed by atoms with van der Waals surface area (Å²) >= 11 is 0. The summed E-state index contributed by atoms with van der Waals surface area (Å²) in [6, 6.07) is 16.0. The van der Waals surface area contributed by atoms with Gasteiger partial charge in [0.05, 0.1) is 18.9 Å². The monoisotopic (exact) mass is 224 g/mol. The van der Waals surface area contributed by atoms with Crippen LogP contribution in [0.3, 0.4) is 0 Å². The van der Waals surface area contributed by atoms with E-state index in [1.807, 2.05) is 42.5 Å². The van der Waals surface area contributed by atoms with E-state index in [1.165, 1.54) is 0 Å². The van der Waals surface area contributed by atoms with Gasteiger partial charge in [-0.2, -0.15) is 0 Å². The zero-order valence-corrected chi connectivity index (χ0v) is 9.51. The van der Waals surface area contributed by atoms with Crippen LogP contribution in [0, 0.1) is 0 Å². The molecule has 2 aromatic carbocycles. The van der Waals surface area contributed by atoms with Crippen LogP contribution in [0.1, 0.15) is 0 Å². The van der Waals surface area contributed by atoms with Crippen LogP contribution < -0.4 is 4.74 Å². The highest BCUT2D eigenvalue weighted by Gasteiger charge is 2.11. The minimum atomic E-state index is 0.826. The molecule has 2 heteroatoms. The van der Waals surface area contributed by atoms with Gasteiger partial charge in [-0.3, -0.25) is 0 Å². The Morgan fingerprint density at radius 1 is 0.941 bits per heavy atom. The van der Waals surface area contributed by atoms with Crippen LogP contribution in [-0.2, 0) is 0 Å². The number of furan rings is 1. The minimum Gasteiger partial charge on any atom is -0.496 e. The minimum absolute atomic E-state index is 0.826. The molecule has 1 heterocycles. The molecule has 3 aromatic rings. The number of para-hydroxylation sites is 1. The zero-order valence-electron chi connectivity index (χ0n) is 9.51. The second kappa shape index (κ2) is 3.98. The molecule has 0 bridgehead atoms. The maximum Gasteiger partial charge on any atom is 0.145 e. The van der Waals surface area contributed by atoms with E-state index in [1.54, 1.807) is 13.4 Å². The second-order valence-corrected chi connectivity index (χ2v) is 3.85. The van der Waals surface area contributed by atoms with E-state index >= 15 is 0 Å². The van der Waals surface area contributed by atoms with Crippen LogP contribution in [0.2, 0.25) is 0 Å². The van der Waals surface area contributed by atoms with Gasteiger partial charge in [-0.1, -0.05) is 36.4 Å². The van der Waals surface area contributed by atoms with Gasteiger partial charge in [0.2, 0.25) is 0 Å². The molecule has 0 fully saturated rings. The fourth-order valence-corrected chi connectivity index (χ4v) is 2.03. The smallest absolute Gasteiger partial charge is 0.145 e. The number of fused-ring (bicyclic) bond motifs is 1. The van der Waals surface area contributed by atoms with Crippen LogP contribution in [-0.4, -0.2) is 7.11 Å². The molecule has 0 N–H and O–H groups in total. The third-order valence-corrected chi connectivity index (χ3v) is 2.86. The fourth-order valence-electron chi connectivity index (χ4n) is 2.03. The Labute approximate surface area is 99.4 Å². The standard InChI is InChI=1S/C15H12O2/c1-16-14-9-5-4-8-13(14)15-12-7-3-2-6-11(12)10-17-15/h2-10H,1H3. The first-order chi connectivity index (χ1) is 8.40. The molecule has 0 unspecified atom stereocenters. The van der Waals surface area contributed by atoms with Crippen molar-refractivity contribution in [2.24, 2.45) is 0 Å². The molecule has 1 aromatic heterocycles. The number of hydrogen-bond donors (Lipinski definition) is 0. The normalized spacial score (nSPS) is 10.6. The summed E-state index contributed by atoms with van der Waals surface area (Å²) in [6.07, 6.45) is 1.77. The molecule has 0 aliphatic rings. The third-order valence-electron chi connectivity index (χ3n) is 2.86. The van der Waals surface area contributed by atoms with E-state index < -0.39 is 0 Å². The first-order valence-corrected chi connectivity index (χ1v) is 5.50. The highest BCUT2D eigenvalue weighted by Crippen LogP contribution is 2.35. The lowest BCUT2D eigenvalue weighted by molar-refractivity contribution is 0.415. The first-order valence-electron chi connectivity index (χ1n) is 5.50. The van der Waals surface area contributed by atoms with E-state index in [2.05, 4.69) is 6.07 Å². The lowest BCUT2D eigenvalue weighted by atomic mass is 10.1. The molecule has 0 radical (unpaired) electrons. The van der Waals surface area contributed by atoms with Crippen molar-refractivity contribution in [1.29, 1.82) is 0 Å². The van der Waals surface area contributed by atoms with Crippen molar-refractivity contribution in [3.8, 4) is 17.1 Å². The predicted molar refractivity (Wildman–Crippen MR) is 68.2 cm³/mol. The van der Waals surface area contributed by atoms with E-state index in [9.17, 15) is 0 Å². The van der Waals surface area contributed by atoms with Crippen molar-refractivity contribution < 1.29 is 9.15 Å². The zero-order chi connectivity index (χ0) is 11.7. The number of benzene rings is 2. The lowest BCUT2D eigenvalue weighted by Gasteiger charge is -2.05. The predicted octanol–water partition coefficient (Wildman–Crippen LogP) is 4.11. The molecular formula is C15H12O2. The lowest BCUT2D eigenvalue weighted by Crippen LogP contribution is -1.86. The number of rotatable bonds is 2. The van der Waals surface area contributed by atoms with E-state index in [4.69, 9.17) is 9.15 Å². The number of methoxy groups -OCH3 is 1. The van der Waals surface area contributed by atoms with Crippen molar-refractivity contribution >= 4 is 10.8 Å². The van der Waals surface area contributed by atoms with Gasteiger partial charge in [0.15, 0.2) is 0 Å². The molecular weight excluding hydrogens is 212 g/mol. The quantitative estimate of drug-likeness (QED) is 0.653. The van der Waals surface area contributed by atoms with Gasteiger partial charge >= 0.3 is 0 Å². The molecule has 0 aliphatic carbocycles. The van der Waals surface area contributed by atoms with Gasteiger partial charge in [-0.15, -0.1) is 0 Å². The van der Waals surface area contributed by atoms with Crippen LogP contribution in [0.5, 0.6) is 5.75 Å². The van der Waals surface area contributed by atoms with Crippen LogP contribution in [0.15, 0.2) is 59.2 Å². The molecule has 0 spiro atoms. The molecule has 0 amide bonds. The van der Waals surface area contributed by atoms with Crippen LogP contribution in [0.25, 0.3) is 22.1 Å². The average molecular weight is 224 g/mol. The van der Waals surface area contributed by atoms with Gasteiger partial charge in [-0.05, 0) is 12.1 Å². The van der Waals surface area contributed by atoms with Crippen molar-refractivity contribution in [2.75, 3.05) is 7.11 Å². The highest BCUT2D eigenvalue weighted by molar-refractivity contribution is 5.95. The van der Waals surface area contributed by atoms with Crippen molar-refractivity contribution in [1.82, 2.24) is 0 Å². The molecule has 0 aliphatic heterocycles. The first kappa shape index (κ1) is 9.97. The summed E-state index contributed by atoms with van der Waals surface area (Å²) in [5.41, 5.74) is 0.983. The largest absolute Gasteiger partial charge is 0.496 e. The summed E-state index contributed by atoms with van der Waals surface area (Å²) in [7, 11) is 1.67. The van der Waals surface area contributed by atoms with Gasteiger partial charge in [0, 0.05) is 10.8 Å². The van der Waals surface area contributed by atoms with Crippen LogP contribution in [0.4, 0.5) is 0 Å². The number of ether oxygens (including phenoxy) is 1. The Bertz CT molecular complexity index is 653. The molecule has 84 valence electrons. The van der Waals surface area contributed by atoms with Crippen molar-refractivity contribution in [3.63, 3.8) is 0 Å². The van der Waals surface area contributed by atoms with Crippen molar-refractivity contribution in [2.45, 2.75) is 0 Å². The van der Waals surface area contributed by atoms with Gasteiger partial charge in [-0.25, -0.2) is 0 Å².